The number of amides is 1. The van der Waals surface area contributed by atoms with Crippen LogP contribution < -0.4 is 0 Å². The summed E-state index contributed by atoms with van der Waals surface area (Å²) in [6.45, 7) is 0. The highest BCUT2D eigenvalue weighted by atomic mass is 32.2. The van der Waals surface area contributed by atoms with E-state index in [1.54, 1.807) is 6.07 Å². The average Bonchev–Trinajstić information content (AvgIpc) is 2.94. The Kier molecular flexibility index (Phi) is 4.01. The molecule has 23 heavy (non-hydrogen) atoms. The van der Waals surface area contributed by atoms with Crippen LogP contribution in [0.5, 0.6) is 0 Å². The molecule has 0 atom stereocenters. The summed E-state index contributed by atoms with van der Waals surface area (Å²) in [5, 5.41) is 20.0. The number of carbonyl (C=O) groups excluding carboxylic acids is 1. The van der Waals surface area contributed by atoms with E-state index in [1.807, 2.05) is 6.26 Å². The van der Waals surface area contributed by atoms with Crippen molar-refractivity contribution in [1.82, 2.24) is 4.90 Å². The standard InChI is InChI=1S/C13H9N5O3S2/c1-22-13-16-23-12-15-11(19)9(10(14)17(12)13)6-7-3-2-4-8(5-7)18(20)21/h2-6,14H,1H3. The number of nitro benzene ring substituents is 1. The lowest BCUT2D eigenvalue weighted by Gasteiger charge is -2.23. The molecule has 1 aromatic carbocycles. The molecule has 2 heterocycles. The number of aliphatic imine (C=N–C) groups is 1. The van der Waals surface area contributed by atoms with Crippen molar-refractivity contribution in [3.05, 3.63) is 45.5 Å². The van der Waals surface area contributed by atoms with Gasteiger partial charge >= 0.3 is 0 Å². The van der Waals surface area contributed by atoms with Crippen molar-refractivity contribution in [3.8, 4) is 0 Å². The fourth-order valence-electron chi connectivity index (χ4n) is 2.03. The van der Waals surface area contributed by atoms with Gasteiger partial charge in [-0.3, -0.25) is 20.3 Å². The molecule has 8 nitrogen and oxygen atoms in total. The van der Waals surface area contributed by atoms with Crippen molar-refractivity contribution < 1.29 is 9.72 Å². The van der Waals surface area contributed by atoms with Crippen LogP contribution in [0.1, 0.15) is 5.56 Å². The molecule has 0 radical (unpaired) electrons. The number of nitrogens with one attached hydrogen (secondary N) is 1. The molecule has 1 aromatic rings. The lowest BCUT2D eigenvalue weighted by molar-refractivity contribution is -0.384. The number of carbonyl (C=O) groups is 1. The highest BCUT2D eigenvalue weighted by molar-refractivity contribution is 8.18. The number of nitro groups is 1. The van der Waals surface area contributed by atoms with Gasteiger partial charge in [0.15, 0.2) is 5.17 Å². The zero-order valence-electron chi connectivity index (χ0n) is 11.7. The van der Waals surface area contributed by atoms with Gasteiger partial charge in [0.2, 0.25) is 5.17 Å². The van der Waals surface area contributed by atoms with Gasteiger partial charge in [-0.15, -0.1) is 0 Å². The quantitative estimate of drug-likeness (QED) is 0.381. The summed E-state index contributed by atoms with van der Waals surface area (Å²) in [4.78, 5) is 27.9. The average molecular weight is 347 g/mol. The monoisotopic (exact) mass is 347 g/mol. The summed E-state index contributed by atoms with van der Waals surface area (Å²) < 4.78 is 4.14. The van der Waals surface area contributed by atoms with Gasteiger partial charge in [-0.2, -0.15) is 9.39 Å². The first-order valence-corrected chi connectivity index (χ1v) is 8.28. The van der Waals surface area contributed by atoms with E-state index in [0.29, 0.717) is 15.9 Å². The SMILES string of the molecule is CSC1=NSC2=NC(=O)C(=Cc3cccc([N+](=O)[O-])c3)C(=N)N12. The van der Waals surface area contributed by atoms with E-state index < -0.39 is 10.8 Å². The molecule has 116 valence electrons. The van der Waals surface area contributed by atoms with Crippen LogP contribution in [0.3, 0.4) is 0 Å². The number of benzene rings is 1. The molecule has 0 spiro atoms. The Morgan fingerprint density at radius 3 is 2.96 bits per heavy atom. The van der Waals surface area contributed by atoms with Crippen LogP contribution in [0.2, 0.25) is 0 Å². The predicted molar refractivity (Wildman–Crippen MR) is 91.6 cm³/mol. The highest BCUT2D eigenvalue weighted by Gasteiger charge is 2.36. The van der Waals surface area contributed by atoms with Crippen LogP contribution >= 0.6 is 23.7 Å². The number of hydrogen-bond donors (Lipinski definition) is 1. The van der Waals surface area contributed by atoms with E-state index >= 15 is 0 Å². The van der Waals surface area contributed by atoms with Gasteiger partial charge in [0.1, 0.15) is 5.84 Å². The summed E-state index contributed by atoms with van der Waals surface area (Å²) in [5.74, 6) is -0.595. The lowest BCUT2D eigenvalue weighted by Crippen LogP contribution is -2.41. The normalized spacial score (nSPS) is 18.8. The van der Waals surface area contributed by atoms with Crippen molar-refractivity contribution in [3.63, 3.8) is 0 Å². The Balaban J connectivity index is 2.01. The van der Waals surface area contributed by atoms with Gasteiger partial charge in [0.05, 0.1) is 22.4 Å². The minimum Gasteiger partial charge on any atom is -0.283 e. The van der Waals surface area contributed by atoms with Crippen molar-refractivity contribution in [2.45, 2.75) is 0 Å². The van der Waals surface area contributed by atoms with Gasteiger partial charge in [-0.1, -0.05) is 23.9 Å². The zero-order chi connectivity index (χ0) is 16.6. The Labute approximate surface area is 139 Å². The van der Waals surface area contributed by atoms with Crippen molar-refractivity contribution in [1.29, 1.82) is 5.41 Å². The molecule has 1 N–H and O–H groups in total. The van der Waals surface area contributed by atoms with E-state index in [-0.39, 0.29) is 17.1 Å². The summed E-state index contributed by atoms with van der Waals surface area (Å²) in [6, 6.07) is 5.86. The number of thioether (sulfide) groups is 1. The fraction of sp³-hybridized carbons (Fsp3) is 0.0769. The molecule has 0 aromatic heterocycles. The van der Waals surface area contributed by atoms with Crippen molar-refractivity contribution in [2.24, 2.45) is 9.39 Å². The van der Waals surface area contributed by atoms with Gasteiger partial charge in [-0.05, 0) is 17.9 Å². The predicted octanol–water partition coefficient (Wildman–Crippen LogP) is 2.53. The molecular weight excluding hydrogens is 338 g/mol. The highest BCUT2D eigenvalue weighted by Crippen LogP contribution is 2.31. The maximum atomic E-state index is 12.1. The third-order valence-electron chi connectivity index (χ3n) is 3.07. The third-order valence-corrected chi connectivity index (χ3v) is 4.52. The zero-order valence-corrected chi connectivity index (χ0v) is 13.3. The van der Waals surface area contributed by atoms with Crippen LogP contribution in [0.4, 0.5) is 5.69 Å². The minimum atomic E-state index is -0.558. The van der Waals surface area contributed by atoms with E-state index in [1.165, 1.54) is 40.9 Å². The van der Waals surface area contributed by atoms with Crippen molar-refractivity contribution in [2.75, 3.05) is 6.26 Å². The maximum Gasteiger partial charge on any atom is 0.283 e. The van der Waals surface area contributed by atoms with Gasteiger partial charge in [-0.25, -0.2) is 4.90 Å². The van der Waals surface area contributed by atoms with E-state index in [4.69, 9.17) is 5.41 Å². The topological polar surface area (TPSA) is 112 Å². The first-order chi connectivity index (χ1) is 11.0. The van der Waals surface area contributed by atoms with Gasteiger partial charge in [0.25, 0.3) is 11.6 Å². The molecule has 0 fully saturated rings. The molecule has 10 heteroatoms. The van der Waals surface area contributed by atoms with Crippen LogP contribution in [-0.2, 0) is 4.79 Å². The number of hydrogen-bond acceptors (Lipinski definition) is 7. The number of nitrogens with zero attached hydrogens (tertiary/aromatic N) is 4. The van der Waals surface area contributed by atoms with Crippen LogP contribution in [-0.4, -0.2) is 38.2 Å². The molecule has 2 aliphatic heterocycles. The second-order valence-corrected chi connectivity index (χ2v) is 5.97. The number of non-ortho nitro benzene ring substituents is 1. The smallest absolute Gasteiger partial charge is 0.283 e. The van der Waals surface area contributed by atoms with E-state index in [0.717, 1.165) is 11.9 Å². The molecule has 0 saturated carbocycles. The molecule has 1 amide bonds. The number of amidine groups is 3. The Morgan fingerprint density at radius 1 is 1.48 bits per heavy atom. The molecule has 0 aliphatic carbocycles. The molecule has 0 unspecified atom stereocenters. The second-order valence-electron chi connectivity index (χ2n) is 4.46. The molecule has 2 aliphatic rings. The summed E-state index contributed by atoms with van der Waals surface area (Å²) in [5.41, 5.74) is 0.445. The van der Waals surface area contributed by atoms with Gasteiger partial charge < -0.3 is 0 Å². The number of fused-ring (bicyclic) bond motifs is 1. The maximum absolute atomic E-state index is 12.1. The molecule has 0 bridgehead atoms. The first kappa shape index (κ1) is 15.4. The summed E-state index contributed by atoms with van der Waals surface area (Å²) in [6.07, 6.45) is 3.24. The summed E-state index contributed by atoms with van der Waals surface area (Å²) >= 11 is 2.39. The second kappa shape index (κ2) is 5.97. The molecular formula is C13H9N5O3S2. The largest absolute Gasteiger partial charge is 0.283 e. The number of rotatable bonds is 2. The van der Waals surface area contributed by atoms with Crippen LogP contribution in [0, 0.1) is 15.5 Å². The molecule has 0 saturated heterocycles. The first-order valence-electron chi connectivity index (χ1n) is 6.28. The lowest BCUT2D eigenvalue weighted by atomic mass is 10.1. The Hall–Kier alpha value is -2.46. The Morgan fingerprint density at radius 2 is 2.26 bits per heavy atom. The molecule has 3 rings (SSSR count). The van der Waals surface area contributed by atoms with Crippen molar-refractivity contribution >= 4 is 57.6 Å². The van der Waals surface area contributed by atoms with E-state index in [2.05, 4.69) is 9.39 Å². The van der Waals surface area contributed by atoms with Gasteiger partial charge in [0, 0.05) is 12.1 Å². The Bertz CT molecular complexity index is 831. The third kappa shape index (κ3) is 2.78. The minimum absolute atomic E-state index is 0.0374. The summed E-state index contributed by atoms with van der Waals surface area (Å²) in [7, 11) is 0. The fourth-order valence-corrected chi connectivity index (χ4v) is 3.48. The van der Waals surface area contributed by atoms with E-state index in [9.17, 15) is 14.9 Å². The van der Waals surface area contributed by atoms with Crippen LogP contribution in [0.15, 0.2) is 39.2 Å². The van der Waals surface area contributed by atoms with Crippen LogP contribution in [0.25, 0.3) is 6.08 Å².